The molecule has 0 fully saturated rings. The first-order valence-electron chi connectivity index (χ1n) is 2.60. The zero-order valence-corrected chi connectivity index (χ0v) is 8.30. The molecule has 0 saturated heterocycles. The number of rotatable bonds is 0. The zero-order valence-electron chi connectivity index (χ0n) is 5.36. The van der Waals surface area contributed by atoms with Crippen molar-refractivity contribution in [2.75, 3.05) is 5.73 Å². The van der Waals surface area contributed by atoms with E-state index in [-0.39, 0.29) is 0 Å². The second-order valence-electron chi connectivity index (χ2n) is 1.56. The molecule has 1 atom stereocenters. The Morgan fingerprint density at radius 1 is 1.20 bits per heavy atom. The number of nitrogen functional groups attached to an aromatic ring is 1. The van der Waals surface area contributed by atoms with E-state index in [1.54, 1.807) is 0 Å². The normalized spacial score (nSPS) is 7.90. The molecule has 56 valence electrons. The second-order valence-corrected chi connectivity index (χ2v) is 2.04. The third kappa shape index (κ3) is 3.35. The second kappa shape index (κ2) is 5.90. The van der Waals surface area contributed by atoms with Crippen LogP contribution in [0.1, 0.15) is 0 Å². The third-order valence-corrected chi connectivity index (χ3v) is 1.34. The van der Waals surface area contributed by atoms with Gasteiger partial charge in [0.25, 0.3) is 0 Å². The highest BCUT2D eigenvalue weighted by Gasteiger charge is 1.85. The highest BCUT2D eigenvalue weighted by Crippen LogP contribution is 2.13. The van der Waals surface area contributed by atoms with Crippen molar-refractivity contribution in [2.24, 2.45) is 0 Å². The number of hydrogen-bond acceptors (Lipinski definition) is 3. The highest BCUT2D eigenvalue weighted by atomic mass is 32.7. The zero-order chi connectivity index (χ0) is 7.98. The van der Waals surface area contributed by atoms with Crippen LogP contribution in [-0.2, 0) is 0 Å². The van der Waals surface area contributed by atoms with E-state index < -0.39 is 0 Å². The van der Waals surface area contributed by atoms with Crippen LogP contribution < -0.4 is 5.73 Å². The monoisotopic (exact) mass is 191 g/mol. The lowest BCUT2D eigenvalue weighted by Crippen LogP contribution is -1.83. The number of hydrogen-bond donors (Lipinski definition) is 3. The van der Waals surface area contributed by atoms with Gasteiger partial charge in [-0.2, -0.15) is 12.2 Å². The summed E-state index contributed by atoms with van der Waals surface area (Å²) < 4.78 is 0. The Hall–Kier alpha value is 0.150. The molecule has 0 amide bonds. The van der Waals surface area contributed by atoms with Crippen molar-refractivity contribution in [3.8, 4) is 0 Å². The fraction of sp³-hybridized carbons (Fsp3) is 0. The van der Waals surface area contributed by atoms with Crippen molar-refractivity contribution >= 4 is 39.0 Å². The third-order valence-electron chi connectivity index (χ3n) is 0.937. The lowest BCUT2D eigenvalue weighted by molar-refractivity contribution is 1.48. The Labute approximate surface area is 74.2 Å². The molecule has 0 heterocycles. The van der Waals surface area contributed by atoms with Gasteiger partial charge in [-0.3, -0.25) is 0 Å². The first kappa shape index (κ1) is 10.2. The quantitative estimate of drug-likeness (QED) is 0.327. The van der Waals surface area contributed by atoms with Crippen molar-refractivity contribution in [1.82, 2.24) is 0 Å². The van der Waals surface area contributed by atoms with E-state index in [0.717, 1.165) is 10.6 Å². The Balaban J connectivity index is 0.000000371. The first-order chi connectivity index (χ1) is 4.80. The molecular weight excluding hydrogens is 181 g/mol. The highest BCUT2D eigenvalue weighted by molar-refractivity contribution is 8.31. The van der Waals surface area contributed by atoms with E-state index in [0.29, 0.717) is 0 Å². The lowest BCUT2D eigenvalue weighted by atomic mass is 10.3. The smallest absolute Gasteiger partial charge is 0.0449 e. The van der Waals surface area contributed by atoms with Crippen LogP contribution >= 0.6 is 33.3 Å². The van der Waals surface area contributed by atoms with Crippen molar-refractivity contribution in [2.45, 2.75) is 4.90 Å². The summed E-state index contributed by atoms with van der Waals surface area (Å²) in [6.45, 7) is 0. The number of thiol groups is 2. The lowest BCUT2D eigenvalue weighted by Gasteiger charge is -1.92. The van der Waals surface area contributed by atoms with E-state index in [1.165, 1.54) is 0 Å². The molecule has 1 unspecified atom stereocenters. The molecule has 0 aliphatic carbocycles. The summed E-state index contributed by atoms with van der Waals surface area (Å²) in [4.78, 5) is 0.840. The van der Waals surface area contributed by atoms with E-state index in [9.17, 15) is 0 Å². The van der Waals surface area contributed by atoms with Crippen LogP contribution in [0.4, 0.5) is 5.69 Å². The standard InChI is InChI=1S/C6H7NS.H3PS/c7-5-3-1-2-4-6(5)8;1-2/h1-4,8H,7H2;2H,1H2. The summed E-state index contributed by atoms with van der Waals surface area (Å²) in [5, 5.41) is 0. The molecule has 10 heavy (non-hydrogen) atoms. The van der Waals surface area contributed by atoms with Crippen LogP contribution in [0.2, 0.25) is 0 Å². The predicted octanol–water partition coefficient (Wildman–Crippen LogP) is 2.26. The fourth-order valence-corrected chi connectivity index (χ4v) is 0.648. The molecule has 0 aliphatic heterocycles. The van der Waals surface area contributed by atoms with Crippen LogP contribution in [0, 0.1) is 0 Å². The minimum absolute atomic E-state index is 0.732. The summed E-state index contributed by atoms with van der Waals surface area (Å²) in [7, 11) is 2.11. The largest absolute Gasteiger partial charge is 0.398 e. The molecule has 0 aliphatic rings. The predicted molar refractivity (Wildman–Crippen MR) is 56.8 cm³/mol. The van der Waals surface area contributed by atoms with Crippen molar-refractivity contribution < 1.29 is 0 Å². The van der Waals surface area contributed by atoms with Gasteiger partial charge in [-0.05, 0) is 12.1 Å². The van der Waals surface area contributed by atoms with Gasteiger partial charge < -0.3 is 5.73 Å². The van der Waals surface area contributed by atoms with Crippen molar-refractivity contribution in [1.29, 1.82) is 0 Å². The van der Waals surface area contributed by atoms with Gasteiger partial charge in [0.1, 0.15) is 0 Å². The van der Waals surface area contributed by atoms with E-state index in [2.05, 4.69) is 33.3 Å². The van der Waals surface area contributed by atoms with Crippen LogP contribution in [0.3, 0.4) is 0 Å². The van der Waals surface area contributed by atoms with Crippen LogP contribution in [0.15, 0.2) is 29.2 Å². The van der Waals surface area contributed by atoms with Crippen LogP contribution in [-0.4, -0.2) is 0 Å². The molecule has 1 aromatic carbocycles. The minimum Gasteiger partial charge on any atom is -0.398 e. The summed E-state index contributed by atoms with van der Waals surface area (Å²) in [5.74, 6) is 0. The first-order valence-corrected chi connectivity index (χ1v) is 5.11. The summed E-state index contributed by atoms with van der Waals surface area (Å²) in [6, 6.07) is 7.47. The fourth-order valence-electron chi connectivity index (χ4n) is 0.488. The topological polar surface area (TPSA) is 26.0 Å². The van der Waals surface area contributed by atoms with Gasteiger partial charge in [-0.15, -0.1) is 12.6 Å². The maximum absolute atomic E-state index is 5.44. The van der Waals surface area contributed by atoms with Gasteiger partial charge in [0.05, 0.1) is 0 Å². The van der Waals surface area contributed by atoms with Crippen LogP contribution in [0.25, 0.3) is 0 Å². The maximum Gasteiger partial charge on any atom is 0.0449 e. The van der Waals surface area contributed by atoms with Gasteiger partial charge in [0, 0.05) is 10.6 Å². The van der Waals surface area contributed by atoms with Crippen LogP contribution in [0.5, 0.6) is 0 Å². The van der Waals surface area contributed by atoms with Gasteiger partial charge in [0.2, 0.25) is 0 Å². The summed E-state index contributed by atoms with van der Waals surface area (Å²) in [5.41, 5.74) is 6.18. The average molecular weight is 191 g/mol. The Morgan fingerprint density at radius 3 is 2.00 bits per heavy atom. The molecule has 4 heteroatoms. The number of nitrogens with two attached hydrogens (primary N) is 1. The van der Waals surface area contributed by atoms with Gasteiger partial charge in [-0.25, -0.2) is 0 Å². The molecule has 0 saturated carbocycles. The Bertz CT molecular complexity index is 172. The summed E-state index contributed by atoms with van der Waals surface area (Å²) >= 11 is 7.52. The molecule has 1 rings (SSSR count). The molecule has 2 N–H and O–H groups in total. The maximum atomic E-state index is 5.44. The molecule has 1 nitrogen and oxygen atoms in total. The van der Waals surface area contributed by atoms with Gasteiger partial charge in [-0.1, -0.05) is 20.6 Å². The number of para-hydroxylation sites is 1. The van der Waals surface area contributed by atoms with Gasteiger partial charge in [0.15, 0.2) is 0 Å². The SMILES string of the molecule is Nc1ccccc1S.PS. The minimum atomic E-state index is 0.732. The Kier molecular flexibility index (Phi) is 5.99. The number of benzene rings is 1. The molecule has 0 bridgehead atoms. The molecule has 0 aromatic heterocycles. The van der Waals surface area contributed by atoms with Crippen molar-refractivity contribution in [3.05, 3.63) is 24.3 Å². The molecular formula is C6H10NPS2. The summed E-state index contributed by atoms with van der Waals surface area (Å²) in [6.07, 6.45) is 0. The molecule has 1 aromatic rings. The molecule has 0 spiro atoms. The van der Waals surface area contributed by atoms with E-state index >= 15 is 0 Å². The van der Waals surface area contributed by atoms with Gasteiger partial charge >= 0.3 is 0 Å². The Morgan fingerprint density at radius 2 is 1.70 bits per heavy atom. The van der Waals surface area contributed by atoms with E-state index in [4.69, 9.17) is 5.73 Å². The average Bonchev–Trinajstić information content (AvgIpc) is 2.00. The van der Waals surface area contributed by atoms with E-state index in [1.807, 2.05) is 24.3 Å². The van der Waals surface area contributed by atoms with Crippen molar-refractivity contribution in [3.63, 3.8) is 0 Å². The molecule has 0 radical (unpaired) electrons. The number of anilines is 1.